The minimum absolute atomic E-state index is 0.172. The highest BCUT2D eigenvalue weighted by Gasteiger charge is 2.12. The molecule has 2 rings (SSSR count). The minimum Gasteiger partial charge on any atom is -0.466 e. The van der Waals surface area contributed by atoms with Crippen LogP contribution in [0.3, 0.4) is 0 Å². The first-order valence-electron chi connectivity index (χ1n) is 5.40. The van der Waals surface area contributed by atoms with Crippen LogP contribution in [0.15, 0.2) is 15.3 Å². The second kappa shape index (κ2) is 3.99. The molecule has 0 bridgehead atoms. The Balaban J connectivity index is 2.44. The van der Waals surface area contributed by atoms with Crippen LogP contribution in [-0.4, -0.2) is 0 Å². The van der Waals surface area contributed by atoms with Crippen LogP contribution in [0.4, 0.5) is 0 Å². The smallest absolute Gasteiger partial charge is 0.188 e. The normalized spacial score (nSPS) is 16.9. The molecule has 1 aromatic rings. The first-order chi connectivity index (χ1) is 6.77. The van der Waals surface area contributed by atoms with Gasteiger partial charge in [-0.3, -0.25) is 4.79 Å². The van der Waals surface area contributed by atoms with Gasteiger partial charge in [0.1, 0.15) is 11.5 Å². The summed E-state index contributed by atoms with van der Waals surface area (Å²) in [6, 6.07) is 1.61. The van der Waals surface area contributed by atoms with Crippen molar-refractivity contribution >= 4 is 0 Å². The summed E-state index contributed by atoms with van der Waals surface area (Å²) in [4.78, 5) is 11.7. The second-order valence-corrected chi connectivity index (χ2v) is 4.04. The Bertz CT molecular complexity index is 376. The van der Waals surface area contributed by atoms with Crippen molar-refractivity contribution < 1.29 is 4.42 Å². The van der Waals surface area contributed by atoms with E-state index in [1.807, 2.05) is 6.92 Å². The van der Waals surface area contributed by atoms with Gasteiger partial charge in [-0.2, -0.15) is 0 Å². The lowest BCUT2D eigenvalue weighted by molar-refractivity contribution is 0.434. The van der Waals surface area contributed by atoms with Crippen LogP contribution in [0.5, 0.6) is 0 Å². The Morgan fingerprint density at radius 3 is 2.64 bits per heavy atom. The molecule has 0 N–H and O–H groups in total. The van der Waals surface area contributed by atoms with E-state index in [1.54, 1.807) is 6.07 Å². The molecule has 1 aromatic heterocycles. The van der Waals surface area contributed by atoms with Crippen LogP contribution in [0.1, 0.15) is 42.8 Å². The standard InChI is InChI=1S/C12H16O2/c1-9-8-11(13)10-6-4-2-3-5-7-12(10)14-9/h8H,2-7H2,1H3. The summed E-state index contributed by atoms with van der Waals surface area (Å²) in [5, 5.41) is 0. The molecule has 1 aliphatic carbocycles. The fourth-order valence-electron chi connectivity index (χ4n) is 2.10. The van der Waals surface area contributed by atoms with Crippen molar-refractivity contribution in [3.63, 3.8) is 0 Å². The van der Waals surface area contributed by atoms with Crippen molar-refractivity contribution in [1.29, 1.82) is 0 Å². The third kappa shape index (κ3) is 1.89. The van der Waals surface area contributed by atoms with E-state index in [1.165, 1.54) is 12.8 Å². The predicted molar refractivity (Wildman–Crippen MR) is 55.6 cm³/mol. The van der Waals surface area contributed by atoms with Crippen molar-refractivity contribution in [2.75, 3.05) is 0 Å². The van der Waals surface area contributed by atoms with Gasteiger partial charge in [0.2, 0.25) is 0 Å². The van der Waals surface area contributed by atoms with E-state index in [0.29, 0.717) is 0 Å². The maximum Gasteiger partial charge on any atom is 0.188 e. The lowest BCUT2D eigenvalue weighted by Crippen LogP contribution is -2.13. The van der Waals surface area contributed by atoms with Gasteiger partial charge in [0.05, 0.1) is 0 Å². The molecule has 0 spiro atoms. The molecule has 76 valence electrons. The number of fused-ring (bicyclic) bond motifs is 1. The van der Waals surface area contributed by atoms with E-state index < -0.39 is 0 Å². The van der Waals surface area contributed by atoms with Gasteiger partial charge in [-0.05, 0) is 26.2 Å². The van der Waals surface area contributed by atoms with E-state index in [0.717, 1.165) is 42.8 Å². The van der Waals surface area contributed by atoms with Crippen LogP contribution in [0.2, 0.25) is 0 Å². The molecule has 2 nitrogen and oxygen atoms in total. The summed E-state index contributed by atoms with van der Waals surface area (Å²) in [6.45, 7) is 1.85. The molecule has 0 amide bonds. The van der Waals surface area contributed by atoms with Crippen LogP contribution in [0.25, 0.3) is 0 Å². The second-order valence-electron chi connectivity index (χ2n) is 4.04. The molecule has 0 radical (unpaired) electrons. The Morgan fingerprint density at radius 1 is 1.14 bits per heavy atom. The van der Waals surface area contributed by atoms with E-state index in [9.17, 15) is 4.79 Å². The number of hydrogen-bond donors (Lipinski definition) is 0. The molecule has 1 aliphatic rings. The van der Waals surface area contributed by atoms with E-state index in [-0.39, 0.29) is 5.43 Å². The van der Waals surface area contributed by atoms with Crippen LogP contribution in [0, 0.1) is 6.92 Å². The van der Waals surface area contributed by atoms with Gasteiger partial charge in [0.15, 0.2) is 5.43 Å². The minimum atomic E-state index is 0.172. The van der Waals surface area contributed by atoms with Crippen molar-refractivity contribution in [1.82, 2.24) is 0 Å². The summed E-state index contributed by atoms with van der Waals surface area (Å²) in [5.41, 5.74) is 1.10. The average Bonchev–Trinajstić information content (AvgIpc) is 2.07. The summed E-state index contributed by atoms with van der Waals surface area (Å²) in [5.74, 6) is 1.68. The van der Waals surface area contributed by atoms with Gasteiger partial charge in [0.25, 0.3) is 0 Å². The summed E-state index contributed by atoms with van der Waals surface area (Å²) < 4.78 is 5.62. The number of rotatable bonds is 0. The summed E-state index contributed by atoms with van der Waals surface area (Å²) in [7, 11) is 0. The van der Waals surface area contributed by atoms with Gasteiger partial charge in [-0.15, -0.1) is 0 Å². The number of aryl methyl sites for hydroxylation is 2. The van der Waals surface area contributed by atoms with E-state index in [2.05, 4.69) is 0 Å². The van der Waals surface area contributed by atoms with E-state index >= 15 is 0 Å². The first-order valence-corrected chi connectivity index (χ1v) is 5.40. The fraction of sp³-hybridized carbons (Fsp3) is 0.583. The van der Waals surface area contributed by atoms with Gasteiger partial charge in [0, 0.05) is 18.1 Å². The molecule has 0 unspecified atom stereocenters. The quantitative estimate of drug-likeness (QED) is 0.632. The zero-order valence-corrected chi connectivity index (χ0v) is 8.64. The van der Waals surface area contributed by atoms with E-state index in [4.69, 9.17) is 4.42 Å². The maximum absolute atomic E-state index is 11.7. The SMILES string of the molecule is Cc1cc(=O)c2c(o1)CCCCCC2. The molecule has 0 saturated carbocycles. The first kappa shape index (κ1) is 9.50. The molecule has 0 atom stereocenters. The lowest BCUT2D eigenvalue weighted by Gasteiger charge is -2.11. The maximum atomic E-state index is 11.7. The lowest BCUT2D eigenvalue weighted by atomic mass is 9.98. The third-order valence-corrected chi connectivity index (χ3v) is 2.83. The molecule has 2 heteroatoms. The van der Waals surface area contributed by atoms with Crippen LogP contribution >= 0.6 is 0 Å². The Kier molecular flexibility index (Phi) is 2.71. The molecular formula is C12H16O2. The predicted octanol–water partition coefficient (Wildman–Crippen LogP) is 2.61. The highest BCUT2D eigenvalue weighted by molar-refractivity contribution is 5.20. The monoisotopic (exact) mass is 192 g/mol. The molecule has 1 heterocycles. The molecule has 14 heavy (non-hydrogen) atoms. The molecule has 0 saturated heterocycles. The summed E-state index contributed by atoms with van der Waals surface area (Å²) in [6.07, 6.45) is 6.62. The van der Waals surface area contributed by atoms with Gasteiger partial charge < -0.3 is 4.42 Å². The van der Waals surface area contributed by atoms with Crippen molar-refractivity contribution in [3.8, 4) is 0 Å². The van der Waals surface area contributed by atoms with Crippen molar-refractivity contribution in [3.05, 3.63) is 33.4 Å². The third-order valence-electron chi connectivity index (χ3n) is 2.83. The van der Waals surface area contributed by atoms with Crippen LogP contribution < -0.4 is 5.43 Å². The number of hydrogen-bond acceptors (Lipinski definition) is 2. The zero-order chi connectivity index (χ0) is 9.97. The highest BCUT2D eigenvalue weighted by Crippen LogP contribution is 2.18. The highest BCUT2D eigenvalue weighted by atomic mass is 16.3. The van der Waals surface area contributed by atoms with Gasteiger partial charge in [-0.1, -0.05) is 12.8 Å². The largest absolute Gasteiger partial charge is 0.466 e. The Morgan fingerprint density at radius 2 is 1.86 bits per heavy atom. The molecule has 0 aliphatic heterocycles. The zero-order valence-electron chi connectivity index (χ0n) is 8.64. The molecule has 0 aromatic carbocycles. The summed E-state index contributed by atoms with van der Waals surface area (Å²) >= 11 is 0. The van der Waals surface area contributed by atoms with Crippen LogP contribution in [-0.2, 0) is 12.8 Å². The van der Waals surface area contributed by atoms with Gasteiger partial charge in [-0.25, -0.2) is 0 Å². The van der Waals surface area contributed by atoms with Crippen molar-refractivity contribution in [2.45, 2.75) is 45.4 Å². The topological polar surface area (TPSA) is 30.2 Å². The molecular weight excluding hydrogens is 176 g/mol. The van der Waals surface area contributed by atoms with Crippen molar-refractivity contribution in [2.24, 2.45) is 0 Å². The average molecular weight is 192 g/mol. The fourth-order valence-corrected chi connectivity index (χ4v) is 2.10. The van der Waals surface area contributed by atoms with Gasteiger partial charge >= 0.3 is 0 Å². The Labute approximate surface area is 83.9 Å². The Hall–Kier alpha value is -1.05. The molecule has 0 fully saturated rings.